The summed E-state index contributed by atoms with van der Waals surface area (Å²) in [5.41, 5.74) is -0.921. The molecule has 1 amide bonds. The van der Waals surface area contributed by atoms with E-state index in [9.17, 15) is 9.90 Å². The summed E-state index contributed by atoms with van der Waals surface area (Å²) in [5.74, 6) is 0.301. The predicted molar refractivity (Wildman–Crippen MR) is 66.3 cm³/mol. The summed E-state index contributed by atoms with van der Waals surface area (Å²) in [7, 11) is 0. The Hall–Kier alpha value is -1.26. The second-order valence-electron chi connectivity index (χ2n) is 4.33. The molecule has 4 nitrogen and oxygen atoms in total. The molecular weight excluding hydrogens is 242 g/mol. The van der Waals surface area contributed by atoms with Crippen molar-refractivity contribution in [2.45, 2.75) is 19.4 Å². The third-order valence-corrected chi connectivity index (χ3v) is 2.15. The van der Waals surface area contributed by atoms with E-state index >= 15 is 0 Å². The Bertz CT molecular complexity index is 370. The third kappa shape index (κ3) is 6.14. The molecular formula is C12H16ClNO3. The average Bonchev–Trinajstić information content (AvgIpc) is 2.25. The minimum absolute atomic E-state index is 0.0856. The van der Waals surface area contributed by atoms with Gasteiger partial charge in [0, 0.05) is 11.6 Å². The number of nitrogens with one attached hydrogen (secondary N) is 1. The van der Waals surface area contributed by atoms with Crippen molar-refractivity contribution in [3.63, 3.8) is 0 Å². The fraction of sp³-hybridized carbons (Fsp3) is 0.417. The van der Waals surface area contributed by atoms with E-state index < -0.39 is 5.60 Å². The summed E-state index contributed by atoms with van der Waals surface area (Å²) in [4.78, 5) is 11.4. The Morgan fingerprint density at radius 1 is 1.41 bits per heavy atom. The minimum Gasteiger partial charge on any atom is -0.484 e. The van der Waals surface area contributed by atoms with Gasteiger partial charge in [-0.3, -0.25) is 4.79 Å². The van der Waals surface area contributed by atoms with Crippen LogP contribution in [0.4, 0.5) is 0 Å². The summed E-state index contributed by atoms with van der Waals surface area (Å²) in [6.45, 7) is 3.34. The topological polar surface area (TPSA) is 58.6 Å². The number of amides is 1. The van der Waals surface area contributed by atoms with E-state index in [0.29, 0.717) is 10.8 Å². The number of rotatable bonds is 5. The van der Waals surface area contributed by atoms with Crippen molar-refractivity contribution in [2.24, 2.45) is 0 Å². The molecule has 0 saturated carbocycles. The van der Waals surface area contributed by atoms with Gasteiger partial charge in [-0.2, -0.15) is 0 Å². The second-order valence-corrected chi connectivity index (χ2v) is 4.77. The smallest absolute Gasteiger partial charge is 0.258 e. The van der Waals surface area contributed by atoms with Crippen LogP contribution in [0.3, 0.4) is 0 Å². The minimum atomic E-state index is -0.921. The van der Waals surface area contributed by atoms with Gasteiger partial charge < -0.3 is 15.2 Å². The van der Waals surface area contributed by atoms with Crippen molar-refractivity contribution in [2.75, 3.05) is 13.2 Å². The number of carbonyl (C=O) groups is 1. The lowest BCUT2D eigenvalue weighted by atomic mass is 10.1. The average molecular weight is 258 g/mol. The van der Waals surface area contributed by atoms with E-state index in [4.69, 9.17) is 16.3 Å². The molecule has 0 heterocycles. The lowest BCUT2D eigenvalue weighted by molar-refractivity contribution is -0.124. The molecule has 0 aromatic heterocycles. The van der Waals surface area contributed by atoms with Crippen LogP contribution in [0, 0.1) is 0 Å². The van der Waals surface area contributed by atoms with Crippen LogP contribution >= 0.6 is 11.6 Å². The molecule has 0 saturated heterocycles. The Morgan fingerprint density at radius 2 is 2.00 bits per heavy atom. The largest absolute Gasteiger partial charge is 0.484 e. The van der Waals surface area contributed by atoms with Crippen LogP contribution in [0.25, 0.3) is 0 Å². The number of aliphatic hydroxyl groups is 1. The van der Waals surface area contributed by atoms with Gasteiger partial charge in [0.1, 0.15) is 5.75 Å². The summed E-state index contributed by atoms with van der Waals surface area (Å²) in [6.07, 6.45) is 0. The lowest BCUT2D eigenvalue weighted by Gasteiger charge is -2.17. The summed E-state index contributed by atoms with van der Waals surface area (Å²) >= 11 is 5.71. The maximum absolute atomic E-state index is 11.4. The van der Waals surface area contributed by atoms with Crippen LogP contribution < -0.4 is 10.1 Å². The molecule has 5 heteroatoms. The Labute approximate surface area is 106 Å². The molecule has 0 aliphatic heterocycles. The monoisotopic (exact) mass is 257 g/mol. The molecule has 0 radical (unpaired) electrons. The van der Waals surface area contributed by atoms with E-state index in [1.165, 1.54) is 0 Å². The Kier molecular flexibility index (Phi) is 4.78. The highest BCUT2D eigenvalue weighted by Crippen LogP contribution is 2.15. The highest BCUT2D eigenvalue weighted by Gasteiger charge is 2.13. The van der Waals surface area contributed by atoms with Crippen molar-refractivity contribution < 1.29 is 14.6 Å². The lowest BCUT2D eigenvalue weighted by Crippen LogP contribution is -2.40. The van der Waals surface area contributed by atoms with Gasteiger partial charge in [0.05, 0.1) is 5.60 Å². The molecule has 0 atom stereocenters. The summed E-state index contributed by atoms with van der Waals surface area (Å²) in [6, 6.07) is 6.74. The maximum Gasteiger partial charge on any atom is 0.258 e. The molecule has 17 heavy (non-hydrogen) atoms. The fourth-order valence-corrected chi connectivity index (χ4v) is 1.17. The Balaban J connectivity index is 2.31. The van der Waals surface area contributed by atoms with Crippen molar-refractivity contribution in [1.82, 2.24) is 5.32 Å². The number of benzene rings is 1. The Morgan fingerprint density at radius 3 is 2.53 bits per heavy atom. The number of carbonyl (C=O) groups excluding carboxylic acids is 1. The maximum atomic E-state index is 11.4. The quantitative estimate of drug-likeness (QED) is 0.843. The fourth-order valence-electron chi connectivity index (χ4n) is 1.05. The first-order chi connectivity index (χ1) is 7.87. The first-order valence-electron chi connectivity index (χ1n) is 5.24. The van der Waals surface area contributed by atoms with Gasteiger partial charge in [-0.25, -0.2) is 0 Å². The van der Waals surface area contributed by atoms with Crippen molar-refractivity contribution in [3.8, 4) is 5.75 Å². The predicted octanol–water partition coefficient (Wildman–Crippen LogP) is 1.61. The molecule has 1 rings (SSSR count). The molecule has 0 spiro atoms. The zero-order valence-corrected chi connectivity index (χ0v) is 10.6. The van der Waals surface area contributed by atoms with Gasteiger partial charge in [-0.15, -0.1) is 0 Å². The van der Waals surface area contributed by atoms with Crippen molar-refractivity contribution in [1.29, 1.82) is 0 Å². The summed E-state index contributed by atoms with van der Waals surface area (Å²) < 4.78 is 5.24. The third-order valence-electron chi connectivity index (χ3n) is 1.90. The molecule has 1 aromatic carbocycles. The van der Waals surface area contributed by atoms with Crippen molar-refractivity contribution >= 4 is 17.5 Å². The highest BCUT2D eigenvalue weighted by molar-refractivity contribution is 6.30. The molecule has 94 valence electrons. The number of ether oxygens (including phenoxy) is 1. The molecule has 0 fully saturated rings. The zero-order chi connectivity index (χ0) is 12.9. The van der Waals surface area contributed by atoms with Crippen LogP contribution in [-0.2, 0) is 4.79 Å². The van der Waals surface area contributed by atoms with E-state index in [0.717, 1.165) is 0 Å². The second kappa shape index (κ2) is 5.89. The van der Waals surface area contributed by atoms with Gasteiger partial charge in [0.15, 0.2) is 6.61 Å². The van der Waals surface area contributed by atoms with E-state index in [-0.39, 0.29) is 19.1 Å². The number of hydrogen-bond acceptors (Lipinski definition) is 3. The van der Waals surface area contributed by atoms with Crippen molar-refractivity contribution in [3.05, 3.63) is 29.3 Å². The van der Waals surface area contributed by atoms with Gasteiger partial charge in [-0.05, 0) is 38.1 Å². The van der Waals surface area contributed by atoms with Crippen LogP contribution in [0.1, 0.15) is 13.8 Å². The van der Waals surface area contributed by atoms with E-state index in [1.54, 1.807) is 38.1 Å². The van der Waals surface area contributed by atoms with E-state index in [1.807, 2.05) is 0 Å². The van der Waals surface area contributed by atoms with Gasteiger partial charge in [0.25, 0.3) is 5.91 Å². The van der Waals surface area contributed by atoms with Gasteiger partial charge in [0.2, 0.25) is 0 Å². The van der Waals surface area contributed by atoms with Crippen LogP contribution in [0.2, 0.25) is 5.02 Å². The first kappa shape index (κ1) is 13.8. The standard InChI is InChI=1S/C12H16ClNO3/c1-12(2,16)8-14-11(15)7-17-10-5-3-9(13)4-6-10/h3-6,16H,7-8H2,1-2H3,(H,14,15). The molecule has 0 aliphatic carbocycles. The molecule has 0 unspecified atom stereocenters. The normalized spacial score (nSPS) is 11.1. The molecule has 1 aromatic rings. The van der Waals surface area contributed by atoms with E-state index in [2.05, 4.69) is 5.32 Å². The van der Waals surface area contributed by atoms with Gasteiger partial charge >= 0.3 is 0 Å². The number of hydrogen-bond donors (Lipinski definition) is 2. The molecule has 0 bridgehead atoms. The van der Waals surface area contributed by atoms with Crippen LogP contribution in [-0.4, -0.2) is 29.8 Å². The number of halogens is 1. The first-order valence-corrected chi connectivity index (χ1v) is 5.62. The highest BCUT2D eigenvalue weighted by atomic mass is 35.5. The SMILES string of the molecule is CC(C)(O)CNC(=O)COc1ccc(Cl)cc1. The summed E-state index contributed by atoms with van der Waals surface area (Å²) in [5, 5.41) is 12.6. The molecule has 2 N–H and O–H groups in total. The molecule has 0 aliphatic rings. The van der Waals surface area contributed by atoms with Gasteiger partial charge in [-0.1, -0.05) is 11.6 Å². The van der Waals surface area contributed by atoms with Crippen LogP contribution in [0.5, 0.6) is 5.75 Å². The zero-order valence-electron chi connectivity index (χ0n) is 9.87. The van der Waals surface area contributed by atoms with Crippen LogP contribution in [0.15, 0.2) is 24.3 Å².